The largest absolute Gasteiger partial charge is 0.479 e. The summed E-state index contributed by atoms with van der Waals surface area (Å²) in [6.07, 6.45) is -11.1. The molecule has 1 unspecified atom stereocenters. The van der Waals surface area contributed by atoms with Gasteiger partial charge in [0.05, 0.1) is 6.54 Å². The van der Waals surface area contributed by atoms with Crippen LogP contribution in [0.4, 0.5) is 26.3 Å². The van der Waals surface area contributed by atoms with Gasteiger partial charge in [0.1, 0.15) is 0 Å². The van der Waals surface area contributed by atoms with Gasteiger partial charge in [-0.25, -0.2) is 4.79 Å². The van der Waals surface area contributed by atoms with Gasteiger partial charge in [-0.3, -0.25) is 4.84 Å². The number of hydroxylamine groups is 2. The predicted molar refractivity (Wildman–Crippen MR) is 35.1 cm³/mol. The molecule has 0 aromatic carbocycles. The van der Waals surface area contributed by atoms with E-state index in [-0.39, 0.29) is 0 Å². The average molecular weight is 253 g/mol. The summed E-state index contributed by atoms with van der Waals surface area (Å²) in [5, 5.41) is 7.62. The first-order chi connectivity index (χ1) is 7.02. The molecule has 0 saturated carbocycles. The Kier molecular flexibility index (Phi) is 2.84. The van der Waals surface area contributed by atoms with Gasteiger partial charge in [-0.15, -0.1) is 0 Å². The van der Waals surface area contributed by atoms with Gasteiger partial charge in [0.15, 0.2) is 6.61 Å². The number of carboxylic acids is 1. The minimum Gasteiger partial charge on any atom is -0.479 e. The van der Waals surface area contributed by atoms with Gasteiger partial charge in [0.2, 0.25) is 0 Å². The third-order valence-corrected chi connectivity index (χ3v) is 1.98. The van der Waals surface area contributed by atoms with Crippen LogP contribution in [0.25, 0.3) is 0 Å². The molecule has 1 saturated heterocycles. The van der Waals surface area contributed by atoms with Crippen molar-refractivity contribution >= 4 is 5.97 Å². The molecule has 1 aliphatic rings. The second-order valence-corrected chi connectivity index (χ2v) is 3.06. The Morgan fingerprint density at radius 3 is 1.94 bits per heavy atom. The average Bonchev–Trinajstić information content (AvgIpc) is 2.72. The van der Waals surface area contributed by atoms with Crippen molar-refractivity contribution in [3.8, 4) is 0 Å². The molecule has 1 atom stereocenters. The predicted octanol–water partition coefficient (Wildman–Crippen LogP) is 1.18. The van der Waals surface area contributed by atoms with E-state index < -0.39 is 42.1 Å². The molecule has 0 amide bonds. The first-order valence-corrected chi connectivity index (χ1v) is 3.78. The molecular formula is C6H5F6NO3. The Balaban J connectivity index is 2.78. The maximum absolute atomic E-state index is 12.2. The molecule has 1 N–H and O–H groups in total. The van der Waals surface area contributed by atoms with E-state index in [9.17, 15) is 31.1 Å². The van der Waals surface area contributed by atoms with Crippen molar-refractivity contribution in [1.82, 2.24) is 5.06 Å². The van der Waals surface area contributed by atoms with Crippen LogP contribution in [0.3, 0.4) is 0 Å². The Labute approximate surface area is 84.3 Å². The van der Waals surface area contributed by atoms with E-state index in [1.54, 1.807) is 0 Å². The summed E-state index contributed by atoms with van der Waals surface area (Å²) < 4.78 is 73.1. The van der Waals surface area contributed by atoms with Crippen molar-refractivity contribution in [2.24, 2.45) is 0 Å². The minimum absolute atomic E-state index is 0.429. The monoisotopic (exact) mass is 253 g/mol. The molecular weight excluding hydrogens is 248 g/mol. The molecule has 1 heterocycles. The summed E-state index contributed by atoms with van der Waals surface area (Å²) in [5.41, 5.74) is -4.07. The lowest BCUT2D eigenvalue weighted by molar-refractivity contribution is -0.306. The molecule has 1 aliphatic heterocycles. The third-order valence-electron chi connectivity index (χ3n) is 1.98. The highest BCUT2D eigenvalue weighted by atomic mass is 19.4. The van der Waals surface area contributed by atoms with Gasteiger partial charge in [-0.2, -0.15) is 31.4 Å². The van der Waals surface area contributed by atoms with Crippen molar-refractivity contribution < 1.29 is 41.1 Å². The second kappa shape index (κ2) is 3.48. The van der Waals surface area contributed by atoms with Gasteiger partial charge in [0, 0.05) is 0 Å². The summed E-state index contributed by atoms with van der Waals surface area (Å²) in [5.74, 6) is -1.66. The molecule has 0 spiro atoms. The van der Waals surface area contributed by atoms with E-state index in [1.165, 1.54) is 0 Å². The van der Waals surface area contributed by atoms with Gasteiger partial charge in [-0.1, -0.05) is 0 Å². The first kappa shape index (κ1) is 13.0. The fourth-order valence-electron chi connectivity index (χ4n) is 1.08. The summed E-state index contributed by atoms with van der Waals surface area (Å²) in [6.45, 7) is -2.71. The number of hydrogen-bond donors (Lipinski definition) is 1. The molecule has 0 bridgehead atoms. The lowest BCUT2D eigenvalue weighted by atomic mass is 10.1. The van der Waals surface area contributed by atoms with Crippen LogP contribution in [-0.2, 0) is 9.63 Å². The van der Waals surface area contributed by atoms with Crippen molar-refractivity contribution in [1.29, 1.82) is 0 Å². The molecule has 1 rings (SSSR count). The number of alkyl halides is 6. The van der Waals surface area contributed by atoms with Crippen LogP contribution in [0.15, 0.2) is 0 Å². The second-order valence-electron chi connectivity index (χ2n) is 3.06. The Morgan fingerprint density at radius 2 is 1.69 bits per heavy atom. The zero-order valence-electron chi connectivity index (χ0n) is 7.39. The zero-order chi connectivity index (χ0) is 12.8. The Bertz CT molecular complexity index is 284. The van der Waals surface area contributed by atoms with E-state index >= 15 is 0 Å². The van der Waals surface area contributed by atoms with E-state index in [2.05, 4.69) is 4.84 Å². The quantitative estimate of drug-likeness (QED) is 0.606. The number of halogens is 6. The number of carboxylic acid groups (broad SMARTS) is 1. The van der Waals surface area contributed by atoms with E-state index in [0.29, 0.717) is 0 Å². The van der Waals surface area contributed by atoms with Gasteiger partial charge in [-0.05, 0) is 0 Å². The Morgan fingerprint density at radius 1 is 1.25 bits per heavy atom. The molecule has 1 fully saturated rings. The molecule has 94 valence electrons. The highest BCUT2D eigenvalue weighted by molar-refractivity contribution is 5.68. The van der Waals surface area contributed by atoms with Crippen LogP contribution in [-0.4, -0.2) is 47.2 Å². The van der Waals surface area contributed by atoms with Crippen molar-refractivity contribution in [2.45, 2.75) is 17.9 Å². The standard InChI is InChI=1S/C6H5F6NO3/c7-5(8,9)4(6(10,11)12)2-13(4)16-1-3(14)15/h1-2H2,(H,14,15). The lowest BCUT2D eigenvalue weighted by Crippen LogP contribution is -2.49. The van der Waals surface area contributed by atoms with Gasteiger partial charge < -0.3 is 5.11 Å². The molecule has 0 radical (unpaired) electrons. The highest BCUT2D eigenvalue weighted by Crippen LogP contribution is 2.56. The minimum atomic E-state index is -5.57. The van der Waals surface area contributed by atoms with Crippen LogP contribution >= 0.6 is 0 Å². The van der Waals surface area contributed by atoms with Crippen LogP contribution in [0.2, 0.25) is 0 Å². The molecule has 0 aromatic rings. The topological polar surface area (TPSA) is 49.5 Å². The van der Waals surface area contributed by atoms with Crippen LogP contribution in [0.1, 0.15) is 0 Å². The number of rotatable bonds is 3. The fraction of sp³-hybridized carbons (Fsp3) is 0.833. The third kappa shape index (κ3) is 1.94. The first-order valence-electron chi connectivity index (χ1n) is 3.78. The zero-order valence-corrected chi connectivity index (χ0v) is 7.39. The molecule has 4 nitrogen and oxygen atoms in total. The molecule has 10 heteroatoms. The number of hydrogen-bond acceptors (Lipinski definition) is 3. The van der Waals surface area contributed by atoms with Gasteiger partial charge in [0.25, 0.3) is 5.54 Å². The van der Waals surface area contributed by atoms with Gasteiger partial charge >= 0.3 is 18.3 Å². The van der Waals surface area contributed by atoms with Crippen molar-refractivity contribution in [3.05, 3.63) is 0 Å². The van der Waals surface area contributed by atoms with Crippen LogP contribution in [0, 0.1) is 0 Å². The fourth-order valence-corrected chi connectivity index (χ4v) is 1.08. The van der Waals surface area contributed by atoms with Crippen LogP contribution in [0.5, 0.6) is 0 Å². The number of nitrogens with zero attached hydrogens (tertiary/aromatic N) is 1. The number of carbonyl (C=O) groups is 1. The summed E-state index contributed by atoms with van der Waals surface area (Å²) in [7, 11) is 0. The lowest BCUT2D eigenvalue weighted by Gasteiger charge is -2.22. The summed E-state index contributed by atoms with van der Waals surface area (Å²) in [6, 6.07) is 0. The smallest absolute Gasteiger partial charge is 0.419 e. The highest BCUT2D eigenvalue weighted by Gasteiger charge is 2.84. The maximum Gasteiger partial charge on any atom is 0.419 e. The molecule has 0 aliphatic carbocycles. The molecule has 16 heavy (non-hydrogen) atoms. The Hall–Kier alpha value is -1.03. The molecule has 0 aromatic heterocycles. The number of aliphatic carboxylic acids is 1. The van der Waals surface area contributed by atoms with Crippen molar-refractivity contribution in [2.75, 3.05) is 13.2 Å². The van der Waals surface area contributed by atoms with E-state index in [0.717, 1.165) is 0 Å². The normalized spacial score (nSPS) is 24.2. The summed E-state index contributed by atoms with van der Waals surface area (Å²) in [4.78, 5) is 13.8. The van der Waals surface area contributed by atoms with Crippen molar-refractivity contribution in [3.63, 3.8) is 0 Å². The van der Waals surface area contributed by atoms with Crippen LogP contribution < -0.4 is 0 Å². The SMILES string of the molecule is O=C(O)CON1CC1(C(F)(F)F)C(F)(F)F. The maximum atomic E-state index is 12.2. The van der Waals surface area contributed by atoms with E-state index in [4.69, 9.17) is 5.11 Å². The van der Waals surface area contributed by atoms with E-state index in [1.807, 2.05) is 0 Å². The summed E-state index contributed by atoms with van der Waals surface area (Å²) >= 11 is 0.